The number of nitrogens with zero attached hydrogens (tertiary/aromatic N) is 2. The van der Waals surface area contributed by atoms with Crippen LogP contribution in [0.25, 0.3) is 10.9 Å². The number of rotatable bonds is 10. The third-order valence-corrected chi connectivity index (χ3v) is 4.85. The summed E-state index contributed by atoms with van der Waals surface area (Å²) in [5.41, 5.74) is 3.92. The molecule has 1 aromatic carbocycles. The predicted octanol–water partition coefficient (Wildman–Crippen LogP) is 6.25. The van der Waals surface area contributed by atoms with Crippen LogP contribution in [-0.2, 0) is 4.79 Å². The second-order valence-electron chi connectivity index (χ2n) is 6.86. The molecule has 0 fully saturated rings. The number of unbranched alkanes of at least 4 members (excludes halogenated alkanes) is 1. The minimum absolute atomic E-state index is 0.0112. The lowest BCUT2D eigenvalue weighted by molar-refractivity contribution is -0.116. The SMILES string of the molecule is CCCC(CCC)=Nc1c(NC(=O)CCCCS)nc2ccccc2c1C. The Morgan fingerprint density at radius 2 is 1.81 bits per heavy atom. The van der Waals surface area contributed by atoms with Gasteiger partial charge < -0.3 is 5.32 Å². The number of fused-ring (bicyclic) bond motifs is 1. The minimum Gasteiger partial charge on any atom is -0.309 e. The maximum atomic E-state index is 12.4. The first-order chi connectivity index (χ1) is 13.1. The van der Waals surface area contributed by atoms with Gasteiger partial charge in [0.25, 0.3) is 0 Å². The van der Waals surface area contributed by atoms with Gasteiger partial charge in [-0.15, -0.1) is 0 Å². The van der Waals surface area contributed by atoms with Crippen molar-refractivity contribution in [1.82, 2.24) is 4.98 Å². The topological polar surface area (TPSA) is 54.4 Å². The molecule has 0 radical (unpaired) electrons. The Morgan fingerprint density at radius 1 is 1.11 bits per heavy atom. The van der Waals surface area contributed by atoms with Gasteiger partial charge in [-0.05, 0) is 50.0 Å². The van der Waals surface area contributed by atoms with E-state index in [1.165, 1.54) is 5.71 Å². The summed E-state index contributed by atoms with van der Waals surface area (Å²) in [5, 5.41) is 4.09. The molecule has 4 nitrogen and oxygen atoms in total. The zero-order chi connectivity index (χ0) is 19.6. The molecule has 146 valence electrons. The summed E-state index contributed by atoms with van der Waals surface area (Å²) in [6.45, 7) is 6.40. The number of hydrogen-bond donors (Lipinski definition) is 2. The van der Waals surface area contributed by atoms with Crippen LogP contribution in [0.15, 0.2) is 29.3 Å². The number of thiol groups is 1. The van der Waals surface area contributed by atoms with E-state index >= 15 is 0 Å². The summed E-state index contributed by atoms with van der Waals surface area (Å²) in [5.74, 6) is 1.36. The summed E-state index contributed by atoms with van der Waals surface area (Å²) in [7, 11) is 0. The second kappa shape index (κ2) is 11.1. The van der Waals surface area contributed by atoms with Crippen LogP contribution in [0.3, 0.4) is 0 Å². The monoisotopic (exact) mass is 385 g/mol. The first kappa shape index (κ1) is 21.4. The highest BCUT2D eigenvalue weighted by Crippen LogP contribution is 2.34. The summed E-state index contributed by atoms with van der Waals surface area (Å²) < 4.78 is 0. The molecule has 0 bridgehead atoms. The van der Waals surface area contributed by atoms with Crippen LogP contribution in [0.1, 0.15) is 64.4 Å². The number of pyridine rings is 1. The summed E-state index contributed by atoms with van der Waals surface area (Å²) in [6.07, 6.45) is 6.30. The Balaban J connectivity index is 2.46. The predicted molar refractivity (Wildman–Crippen MR) is 120 cm³/mol. The molecule has 1 heterocycles. The average molecular weight is 386 g/mol. The zero-order valence-corrected chi connectivity index (χ0v) is 17.6. The van der Waals surface area contributed by atoms with Gasteiger partial charge in [0.2, 0.25) is 5.91 Å². The molecule has 2 aromatic rings. The van der Waals surface area contributed by atoms with Crippen molar-refractivity contribution in [3.05, 3.63) is 29.8 Å². The molecule has 27 heavy (non-hydrogen) atoms. The Kier molecular flexibility index (Phi) is 8.79. The van der Waals surface area contributed by atoms with E-state index in [9.17, 15) is 4.79 Å². The molecule has 0 atom stereocenters. The molecular weight excluding hydrogens is 354 g/mol. The second-order valence-corrected chi connectivity index (χ2v) is 7.31. The smallest absolute Gasteiger partial charge is 0.225 e. The molecule has 0 aliphatic carbocycles. The maximum absolute atomic E-state index is 12.4. The molecular formula is C22H31N3OS. The van der Waals surface area contributed by atoms with E-state index in [1.54, 1.807) is 0 Å². The largest absolute Gasteiger partial charge is 0.309 e. The van der Waals surface area contributed by atoms with Gasteiger partial charge >= 0.3 is 0 Å². The van der Waals surface area contributed by atoms with Crippen molar-refractivity contribution < 1.29 is 4.79 Å². The van der Waals surface area contributed by atoms with E-state index in [2.05, 4.69) is 44.8 Å². The van der Waals surface area contributed by atoms with Gasteiger partial charge in [0, 0.05) is 17.5 Å². The van der Waals surface area contributed by atoms with Crippen LogP contribution < -0.4 is 5.32 Å². The Hall–Kier alpha value is -1.88. The lowest BCUT2D eigenvalue weighted by Crippen LogP contribution is -2.13. The number of aryl methyl sites for hydroxylation is 1. The summed E-state index contributed by atoms with van der Waals surface area (Å²) in [6, 6.07) is 8.02. The van der Waals surface area contributed by atoms with Crippen molar-refractivity contribution in [3.63, 3.8) is 0 Å². The van der Waals surface area contributed by atoms with Crippen LogP contribution >= 0.6 is 12.6 Å². The third-order valence-electron chi connectivity index (χ3n) is 4.54. The fourth-order valence-electron chi connectivity index (χ4n) is 3.15. The molecule has 0 aliphatic heterocycles. The molecule has 1 aromatic heterocycles. The minimum atomic E-state index is -0.0112. The molecule has 0 saturated carbocycles. The molecule has 2 rings (SSSR count). The van der Waals surface area contributed by atoms with Crippen LogP contribution in [0.2, 0.25) is 0 Å². The fraction of sp³-hybridized carbons (Fsp3) is 0.500. The Labute approximate surface area is 168 Å². The lowest BCUT2D eigenvalue weighted by Gasteiger charge is -2.14. The first-order valence-corrected chi connectivity index (χ1v) is 10.6. The molecule has 1 N–H and O–H groups in total. The normalized spacial score (nSPS) is 10.8. The van der Waals surface area contributed by atoms with Gasteiger partial charge in [0.05, 0.1) is 5.52 Å². The van der Waals surface area contributed by atoms with E-state index in [4.69, 9.17) is 9.98 Å². The van der Waals surface area contributed by atoms with Crippen molar-refractivity contribution in [2.45, 2.75) is 65.7 Å². The lowest BCUT2D eigenvalue weighted by atomic mass is 10.1. The Morgan fingerprint density at radius 3 is 2.48 bits per heavy atom. The quantitative estimate of drug-likeness (QED) is 0.288. The number of carbonyl (C=O) groups is 1. The van der Waals surface area contributed by atoms with Crippen molar-refractivity contribution in [3.8, 4) is 0 Å². The van der Waals surface area contributed by atoms with Crippen LogP contribution in [0, 0.1) is 6.92 Å². The summed E-state index contributed by atoms with van der Waals surface area (Å²) >= 11 is 4.21. The number of nitrogens with one attached hydrogen (secondary N) is 1. The van der Waals surface area contributed by atoms with Crippen LogP contribution in [0.4, 0.5) is 11.5 Å². The third kappa shape index (κ3) is 6.06. The zero-order valence-electron chi connectivity index (χ0n) is 16.7. The van der Waals surface area contributed by atoms with Gasteiger partial charge in [-0.2, -0.15) is 12.6 Å². The van der Waals surface area contributed by atoms with Gasteiger partial charge in [0.1, 0.15) is 5.69 Å². The average Bonchev–Trinajstić information content (AvgIpc) is 2.65. The number of anilines is 1. The van der Waals surface area contributed by atoms with Crippen molar-refractivity contribution in [2.75, 3.05) is 11.1 Å². The summed E-state index contributed by atoms with van der Waals surface area (Å²) in [4.78, 5) is 22.1. The Bertz CT molecular complexity index is 793. The van der Waals surface area contributed by atoms with E-state index in [0.29, 0.717) is 12.2 Å². The van der Waals surface area contributed by atoms with Gasteiger partial charge in [0.15, 0.2) is 5.82 Å². The number of para-hydroxylation sites is 1. The highest BCUT2D eigenvalue weighted by molar-refractivity contribution is 7.80. The molecule has 0 aliphatic rings. The van der Waals surface area contributed by atoms with E-state index in [0.717, 1.165) is 66.4 Å². The van der Waals surface area contributed by atoms with Crippen LogP contribution in [-0.4, -0.2) is 22.4 Å². The number of carbonyl (C=O) groups excluding carboxylic acids is 1. The molecule has 0 unspecified atom stereocenters. The maximum Gasteiger partial charge on any atom is 0.225 e. The highest BCUT2D eigenvalue weighted by atomic mass is 32.1. The molecule has 0 saturated heterocycles. The molecule has 0 spiro atoms. The van der Waals surface area contributed by atoms with E-state index < -0.39 is 0 Å². The molecule has 1 amide bonds. The molecule has 5 heteroatoms. The standard InChI is InChI=1S/C22H31N3OS/c1-4-10-17(11-5-2)23-21-16(3)18-12-6-7-13-19(18)24-22(21)25-20(26)14-8-9-15-27/h6-7,12-13,27H,4-5,8-11,14-15H2,1-3H3,(H,24,25,26). The van der Waals surface area contributed by atoms with Gasteiger partial charge in [-0.3, -0.25) is 9.79 Å². The van der Waals surface area contributed by atoms with E-state index in [-0.39, 0.29) is 5.91 Å². The number of aliphatic imine (C=N–C) groups is 1. The van der Waals surface area contributed by atoms with E-state index in [1.807, 2.05) is 18.2 Å². The number of aromatic nitrogens is 1. The van der Waals surface area contributed by atoms with Crippen LogP contribution in [0.5, 0.6) is 0 Å². The number of benzene rings is 1. The first-order valence-electron chi connectivity index (χ1n) is 9.97. The van der Waals surface area contributed by atoms with Crippen molar-refractivity contribution >= 4 is 46.7 Å². The fourth-order valence-corrected chi connectivity index (χ4v) is 3.38. The number of amides is 1. The van der Waals surface area contributed by atoms with Crippen molar-refractivity contribution in [2.24, 2.45) is 4.99 Å². The van der Waals surface area contributed by atoms with Gasteiger partial charge in [-0.25, -0.2) is 4.98 Å². The number of hydrogen-bond acceptors (Lipinski definition) is 4. The highest BCUT2D eigenvalue weighted by Gasteiger charge is 2.15. The van der Waals surface area contributed by atoms with Crippen molar-refractivity contribution in [1.29, 1.82) is 0 Å². The van der Waals surface area contributed by atoms with Gasteiger partial charge in [-0.1, -0.05) is 44.9 Å².